The highest BCUT2D eigenvalue weighted by Crippen LogP contribution is 2.37. The van der Waals surface area contributed by atoms with Crippen LogP contribution in [0.5, 0.6) is 0 Å². The van der Waals surface area contributed by atoms with Gasteiger partial charge in [0.25, 0.3) is 0 Å². The van der Waals surface area contributed by atoms with Crippen molar-refractivity contribution in [2.45, 2.75) is 44.8 Å². The van der Waals surface area contributed by atoms with Crippen molar-refractivity contribution in [2.75, 3.05) is 17.7 Å². The van der Waals surface area contributed by atoms with Gasteiger partial charge in [-0.1, -0.05) is 6.92 Å². The molecular weight excluding hydrogens is 265 g/mol. The SMILES string of the molecule is CC1CCC(N(C)c2ccc(N)c(C(F)(F)F)c2)CC1. The molecule has 0 amide bonds. The number of halogens is 3. The summed E-state index contributed by atoms with van der Waals surface area (Å²) in [7, 11) is 1.87. The topological polar surface area (TPSA) is 29.3 Å². The summed E-state index contributed by atoms with van der Waals surface area (Å²) >= 11 is 0. The molecule has 0 bridgehead atoms. The summed E-state index contributed by atoms with van der Waals surface area (Å²) in [4.78, 5) is 1.96. The molecule has 1 saturated carbocycles. The van der Waals surface area contributed by atoms with E-state index in [0.717, 1.165) is 37.7 Å². The van der Waals surface area contributed by atoms with E-state index in [1.54, 1.807) is 6.07 Å². The van der Waals surface area contributed by atoms with E-state index in [2.05, 4.69) is 6.92 Å². The van der Waals surface area contributed by atoms with E-state index in [1.165, 1.54) is 6.07 Å². The quantitative estimate of drug-likeness (QED) is 0.821. The summed E-state index contributed by atoms with van der Waals surface area (Å²) in [5.41, 5.74) is 5.06. The Hall–Kier alpha value is -1.39. The molecule has 1 aliphatic carbocycles. The normalized spacial score (nSPS) is 23.6. The molecule has 5 heteroatoms. The van der Waals surface area contributed by atoms with E-state index in [9.17, 15) is 13.2 Å². The molecular formula is C15H21F3N2. The number of hydrogen-bond donors (Lipinski definition) is 1. The van der Waals surface area contributed by atoms with Gasteiger partial charge in [-0.05, 0) is 49.8 Å². The van der Waals surface area contributed by atoms with Gasteiger partial charge in [0.15, 0.2) is 0 Å². The minimum absolute atomic E-state index is 0.216. The Balaban J connectivity index is 2.20. The minimum Gasteiger partial charge on any atom is -0.398 e. The molecule has 0 aliphatic heterocycles. The maximum absolute atomic E-state index is 12.9. The van der Waals surface area contributed by atoms with Gasteiger partial charge >= 0.3 is 6.18 Å². The lowest BCUT2D eigenvalue weighted by atomic mass is 9.86. The molecule has 2 rings (SSSR count). The van der Waals surface area contributed by atoms with Crippen molar-refractivity contribution in [3.05, 3.63) is 23.8 Å². The number of rotatable bonds is 2. The molecule has 0 atom stereocenters. The van der Waals surface area contributed by atoms with Crippen molar-refractivity contribution in [1.82, 2.24) is 0 Å². The zero-order chi connectivity index (χ0) is 14.9. The lowest BCUT2D eigenvalue weighted by Gasteiger charge is -2.35. The van der Waals surface area contributed by atoms with Crippen molar-refractivity contribution in [2.24, 2.45) is 5.92 Å². The second-order valence-corrected chi connectivity index (χ2v) is 5.79. The number of alkyl halides is 3. The first-order valence-corrected chi connectivity index (χ1v) is 6.98. The van der Waals surface area contributed by atoms with Crippen LogP contribution in [0, 0.1) is 5.92 Å². The van der Waals surface area contributed by atoms with Crippen molar-refractivity contribution in [3.63, 3.8) is 0 Å². The second-order valence-electron chi connectivity index (χ2n) is 5.79. The fraction of sp³-hybridized carbons (Fsp3) is 0.600. The Morgan fingerprint density at radius 2 is 1.75 bits per heavy atom. The van der Waals surface area contributed by atoms with E-state index in [4.69, 9.17) is 5.73 Å². The van der Waals surface area contributed by atoms with Crippen LogP contribution in [0.15, 0.2) is 18.2 Å². The van der Waals surface area contributed by atoms with Crippen LogP contribution in [-0.2, 0) is 6.18 Å². The highest BCUT2D eigenvalue weighted by molar-refractivity contribution is 5.59. The molecule has 0 unspecified atom stereocenters. The molecule has 112 valence electrons. The van der Waals surface area contributed by atoms with Crippen molar-refractivity contribution >= 4 is 11.4 Å². The van der Waals surface area contributed by atoms with Gasteiger partial charge in [-0.3, -0.25) is 0 Å². The maximum Gasteiger partial charge on any atom is 0.418 e. The third-order valence-electron chi connectivity index (χ3n) is 4.28. The van der Waals surface area contributed by atoms with Crippen LogP contribution < -0.4 is 10.6 Å². The molecule has 0 saturated heterocycles. The summed E-state index contributed by atoms with van der Waals surface area (Å²) < 4.78 is 38.7. The van der Waals surface area contributed by atoms with Gasteiger partial charge in [0.1, 0.15) is 0 Å². The van der Waals surface area contributed by atoms with E-state index in [0.29, 0.717) is 11.7 Å². The predicted molar refractivity (Wildman–Crippen MR) is 75.7 cm³/mol. The van der Waals surface area contributed by atoms with Crippen molar-refractivity contribution in [1.29, 1.82) is 0 Å². The Kier molecular flexibility index (Phi) is 4.16. The predicted octanol–water partition coefficient (Wildman–Crippen LogP) is 4.30. The van der Waals surface area contributed by atoms with Crippen molar-refractivity contribution in [3.8, 4) is 0 Å². The fourth-order valence-electron chi connectivity index (χ4n) is 2.85. The lowest BCUT2D eigenvalue weighted by Crippen LogP contribution is -2.35. The van der Waals surface area contributed by atoms with Crippen LogP contribution in [0.3, 0.4) is 0 Å². The number of nitrogens with zero attached hydrogens (tertiary/aromatic N) is 1. The third-order valence-corrected chi connectivity index (χ3v) is 4.28. The molecule has 1 aliphatic rings. The Morgan fingerprint density at radius 1 is 1.15 bits per heavy atom. The first kappa shape index (κ1) is 15.0. The van der Waals surface area contributed by atoms with Crippen molar-refractivity contribution < 1.29 is 13.2 Å². The number of hydrogen-bond acceptors (Lipinski definition) is 2. The average Bonchev–Trinajstić information content (AvgIpc) is 2.38. The second kappa shape index (κ2) is 5.54. The fourth-order valence-corrected chi connectivity index (χ4v) is 2.85. The van der Waals surface area contributed by atoms with Gasteiger partial charge in [0, 0.05) is 24.5 Å². The van der Waals surface area contributed by atoms with E-state index in [-0.39, 0.29) is 5.69 Å². The van der Waals surface area contributed by atoms with E-state index in [1.807, 2.05) is 11.9 Å². The monoisotopic (exact) mass is 286 g/mol. The zero-order valence-electron chi connectivity index (χ0n) is 11.9. The number of nitrogen functional groups attached to an aromatic ring is 1. The molecule has 0 heterocycles. The summed E-state index contributed by atoms with van der Waals surface area (Å²) in [6, 6.07) is 4.49. The molecule has 0 spiro atoms. The van der Waals surface area contributed by atoms with E-state index >= 15 is 0 Å². The summed E-state index contributed by atoms with van der Waals surface area (Å²) in [5.74, 6) is 0.719. The van der Waals surface area contributed by atoms with Crippen LogP contribution in [0.4, 0.5) is 24.5 Å². The van der Waals surface area contributed by atoms with Crippen LogP contribution >= 0.6 is 0 Å². The standard InChI is InChI=1S/C15H21F3N2/c1-10-3-5-11(6-4-10)20(2)12-7-8-14(19)13(9-12)15(16,17)18/h7-11H,3-6,19H2,1-2H3. The molecule has 0 aromatic heterocycles. The van der Waals surface area contributed by atoms with Gasteiger partial charge in [-0.25, -0.2) is 0 Å². The third kappa shape index (κ3) is 3.19. The molecule has 1 aromatic carbocycles. The Bertz CT molecular complexity index is 463. The van der Waals surface area contributed by atoms with Gasteiger partial charge in [0.05, 0.1) is 5.56 Å². The zero-order valence-corrected chi connectivity index (χ0v) is 11.9. The van der Waals surface area contributed by atoms with Crippen LogP contribution in [0.25, 0.3) is 0 Å². The van der Waals surface area contributed by atoms with Gasteiger partial charge in [0.2, 0.25) is 0 Å². The maximum atomic E-state index is 12.9. The van der Waals surface area contributed by atoms with Gasteiger partial charge in [-0.2, -0.15) is 13.2 Å². The molecule has 0 radical (unpaired) electrons. The minimum atomic E-state index is -4.40. The Morgan fingerprint density at radius 3 is 2.30 bits per heavy atom. The summed E-state index contributed by atoms with van der Waals surface area (Å²) in [6.45, 7) is 2.22. The van der Waals surface area contributed by atoms with Crippen LogP contribution in [0.2, 0.25) is 0 Å². The first-order chi connectivity index (χ1) is 9.29. The average molecular weight is 286 g/mol. The number of anilines is 2. The molecule has 20 heavy (non-hydrogen) atoms. The largest absolute Gasteiger partial charge is 0.418 e. The highest BCUT2D eigenvalue weighted by Gasteiger charge is 2.33. The Labute approximate surface area is 117 Å². The summed E-state index contributed by atoms with van der Waals surface area (Å²) in [6.07, 6.45) is -0.0684. The van der Waals surface area contributed by atoms with E-state index < -0.39 is 11.7 Å². The summed E-state index contributed by atoms with van der Waals surface area (Å²) in [5, 5.41) is 0. The lowest BCUT2D eigenvalue weighted by molar-refractivity contribution is -0.136. The van der Waals surface area contributed by atoms with Crippen LogP contribution in [-0.4, -0.2) is 13.1 Å². The molecule has 2 N–H and O–H groups in total. The van der Waals surface area contributed by atoms with Crippen LogP contribution in [0.1, 0.15) is 38.2 Å². The molecule has 1 fully saturated rings. The highest BCUT2D eigenvalue weighted by atomic mass is 19.4. The molecule has 1 aromatic rings. The molecule has 2 nitrogen and oxygen atoms in total. The smallest absolute Gasteiger partial charge is 0.398 e. The van der Waals surface area contributed by atoms with Gasteiger partial charge < -0.3 is 10.6 Å². The number of nitrogens with two attached hydrogens (primary N) is 1. The number of benzene rings is 1. The first-order valence-electron chi connectivity index (χ1n) is 6.98. The van der Waals surface area contributed by atoms with Gasteiger partial charge in [-0.15, -0.1) is 0 Å².